The van der Waals surface area contributed by atoms with Gasteiger partial charge in [-0.3, -0.25) is 4.57 Å². The molecule has 0 spiro atoms. The van der Waals surface area contributed by atoms with Crippen LogP contribution in [0.2, 0.25) is 0 Å². The van der Waals surface area contributed by atoms with Crippen LogP contribution in [0.25, 0.3) is 22.6 Å². The van der Waals surface area contributed by atoms with Gasteiger partial charge in [0.25, 0.3) is 0 Å². The predicted octanol–water partition coefficient (Wildman–Crippen LogP) is 4.22. The Hall–Kier alpha value is -3.41. The van der Waals surface area contributed by atoms with E-state index in [1.807, 2.05) is 31.2 Å². The van der Waals surface area contributed by atoms with Gasteiger partial charge in [-0.25, -0.2) is 14.8 Å². The number of phenols is 1. The maximum absolute atomic E-state index is 12.6. The van der Waals surface area contributed by atoms with Crippen molar-refractivity contribution in [2.24, 2.45) is 0 Å². The fourth-order valence-electron chi connectivity index (χ4n) is 3.59. The lowest BCUT2D eigenvalue weighted by molar-refractivity contribution is 0.457. The molecule has 0 radical (unpaired) electrons. The number of para-hydroxylation sites is 1. The van der Waals surface area contributed by atoms with Gasteiger partial charge in [0.15, 0.2) is 11.5 Å². The Balaban J connectivity index is 1.91. The predicted molar refractivity (Wildman–Crippen MR) is 110 cm³/mol. The Bertz CT molecular complexity index is 1210. The first kappa shape index (κ1) is 18.0. The van der Waals surface area contributed by atoms with Crippen molar-refractivity contribution >= 4 is 11.2 Å². The average molecular weight is 374 g/mol. The number of benzene rings is 2. The van der Waals surface area contributed by atoms with E-state index in [1.54, 1.807) is 29.0 Å². The first-order valence-electron chi connectivity index (χ1n) is 9.31. The maximum atomic E-state index is 12.6. The third-order valence-electron chi connectivity index (χ3n) is 5.06. The Labute approximate surface area is 162 Å². The fourth-order valence-corrected chi connectivity index (χ4v) is 3.59. The van der Waals surface area contributed by atoms with Gasteiger partial charge in [0.1, 0.15) is 11.3 Å². The van der Waals surface area contributed by atoms with Crippen LogP contribution in [0.5, 0.6) is 5.75 Å². The third kappa shape index (κ3) is 2.97. The van der Waals surface area contributed by atoms with E-state index in [0.717, 1.165) is 11.1 Å². The zero-order valence-corrected chi connectivity index (χ0v) is 16.0. The van der Waals surface area contributed by atoms with Crippen molar-refractivity contribution in [1.82, 2.24) is 19.5 Å². The summed E-state index contributed by atoms with van der Waals surface area (Å²) in [6.07, 6.45) is 1.64. The SMILES string of the molecule is CC(C)c1ccccc1-c1ncc2[nH]c(=O)n([C@@H](C)c3ccccc3O)c2n1. The van der Waals surface area contributed by atoms with Gasteiger partial charge >= 0.3 is 5.69 Å². The van der Waals surface area contributed by atoms with Crippen molar-refractivity contribution in [3.63, 3.8) is 0 Å². The number of H-pyrrole nitrogens is 1. The second-order valence-corrected chi connectivity index (χ2v) is 7.21. The molecule has 0 aliphatic heterocycles. The Morgan fingerprint density at radius 2 is 1.68 bits per heavy atom. The van der Waals surface area contributed by atoms with E-state index in [2.05, 4.69) is 29.9 Å². The molecule has 4 aromatic rings. The van der Waals surface area contributed by atoms with E-state index in [1.165, 1.54) is 0 Å². The summed E-state index contributed by atoms with van der Waals surface area (Å²) in [5, 5.41) is 10.2. The highest BCUT2D eigenvalue weighted by Gasteiger charge is 2.20. The lowest BCUT2D eigenvalue weighted by atomic mass is 9.97. The number of rotatable bonds is 4. The standard InChI is InChI=1S/C22H22N4O2/c1-13(2)15-8-4-5-10-17(15)20-23-12-18-21(25-20)26(22(28)24-18)14(3)16-9-6-7-11-19(16)27/h4-14,27H,1-3H3,(H,24,28)/t14-/m0/s1. The molecule has 0 saturated carbocycles. The molecule has 2 aromatic carbocycles. The zero-order chi connectivity index (χ0) is 19.8. The number of nitrogens with one attached hydrogen (secondary N) is 1. The summed E-state index contributed by atoms with van der Waals surface area (Å²) >= 11 is 0. The van der Waals surface area contributed by atoms with Gasteiger partial charge in [0.2, 0.25) is 0 Å². The number of fused-ring (bicyclic) bond motifs is 1. The molecule has 0 bridgehead atoms. The molecular weight excluding hydrogens is 352 g/mol. The zero-order valence-electron chi connectivity index (χ0n) is 16.0. The Kier molecular flexibility index (Phi) is 4.47. The third-order valence-corrected chi connectivity index (χ3v) is 5.06. The van der Waals surface area contributed by atoms with Crippen LogP contribution < -0.4 is 5.69 Å². The highest BCUT2D eigenvalue weighted by Crippen LogP contribution is 2.30. The quantitative estimate of drug-likeness (QED) is 0.560. The van der Waals surface area contributed by atoms with Crippen molar-refractivity contribution in [2.75, 3.05) is 0 Å². The van der Waals surface area contributed by atoms with Gasteiger partial charge in [0.05, 0.1) is 12.2 Å². The van der Waals surface area contributed by atoms with E-state index in [9.17, 15) is 9.90 Å². The smallest absolute Gasteiger partial charge is 0.328 e. The molecule has 0 aliphatic rings. The van der Waals surface area contributed by atoms with Crippen LogP contribution in [0.1, 0.15) is 43.9 Å². The van der Waals surface area contributed by atoms with E-state index < -0.39 is 0 Å². The maximum Gasteiger partial charge on any atom is 0.328 e. The molecule has 1 atom stereocenters. The lowest BCUT2D eigenvalue weighted by Crippen LogP contribution is -2.21. The second kappa shape index (κ2) is 6.96. The molecular formula is C22H22N4O2. The molecule has 28 heavy (non-hydrogen) atoms. The van der Waals surface area contributed by atoms with E-state index in [-0.39, 0.29) is 17.5 Å². The minimum Gasteiger partial charge on any atom is -0.508 e. The average Bonchev–Trinajstić information content (AvgIpc) is 3.02. The highest BCUT2D eigenvalue weighted by atomic mass is 16.3. The van der Waals surface area contributed by atoms with Crippen LogP contribution in [0, 0.1) is 0 Å². The molecule has 6 heteroatoms. The van der Waals surface area contributed by atoms with Crippen LogP contribution in [0.3, 0.4) is 0 Å². The number of hydrogen-bond donors (Lipinski definition) is 2. The van der Waals surface area contributed by atoms with Gasteiger partial charge in [-0.2, -0.15) is 0 Å². The van der Waals surface area contributed by atoms with Gasteiger partial charge in [-0.1, -0.05) is 56.3 Å². The lowest BCUT2D eigenvalue weighted by Gasteiger charge is -2.15. The van der Waals surface area contributed by atoms with Gasteiger partial charge in [-0.15, -0.1) is 0 Å². The molecule has 0 fully saturated rings. The summed E-state index contributed by atoms with van der Waals surface area (Å²) in [5.41, 5.74) is 3.57. The van der Waals surface area contributed by atoms with E-state index in [0.29, 0.717) is 28.5 Å². The fraction of sp³-hybridized carbons (Fsp3) is 0.227. The molecule has 0 aliphatic carbocycles. The minimum absolute atomic E-state index is 0.149. The number of phenolic OH excluding ortho intramolecular Hbond substituents is 1. The van der Waals surface area contributed by atoms with Crippen molar-refractivity contribution in [1.29, 1.82) is 0 Å². The summed E-state index contributed by atoms with van der Waals surface area (Å²) < 4.78 is 1.56. The second-order valence-electron chi connectivity index (χ2n) is 7.21. The number of hydrogen-bond acceptors (Lipinski definition) is 4. The number of aromatic amines is 1. The number of aromatic nitrogens is 4. The molecule has 2 heterocycles. The largest absolute Gasteiger partial charge is 0.508 e. The highest BCUT2D eigenvalue weighted by molar-refractivity contribution is 5.74. The van der Waals surface area contributed by atoms with Crippen LogP contribution in [-0.4, -0.2) is 24.6 Å². The molecule has 142 valence electrons. The van der Waals surface area contributed by atoms with Gasteiger partial charge in [0, 0.05) is 11.1 Å². The van der Waals surface area contributed by atoms with Crippen molar-refractivity contribution in [3.05, 3.63) is 76.3 Å². The summed E-state index contributed by atoms with van der Waals surface area (Å²) in [6, 6.07) is 14.7. The summed E-state index contributed by atoms with van der Waals surface area (Å²) in [5.74, 6) is 1.05. The molecule has 4 rings (SSSR count). The van der Waals surface area contributed by atoms with Crippen molar-refractivity contribution in [2.45, 2.75) is 32.7 Å². The first-order chi connectivity index (χ1) is 13.5. The monoisotopic (exact) mass is 374 g/mol. The molecule has 2 N–H and O–H groups in total. The number of nitrogens with zero attached hydrogens (tertiary/aromatic N) is 3. The van der Waals surface area contributed by atoms with Crippen LogP contribution in [0.4, 0.5) is 0 Å². The first-order valence-corrected chi connectivity index (χ1v) is 9.31. The van der Waals surface area contributed by atoms with Crippen LogP contribution in [0.15, 0.2) is 59.5 Å². The van der Waals surface area contributed by atoms with Crippen molar-refractivity contribution < 1.29 is 5.11 Å². The van der Waals surface area contributed by atoms with Crippen molar-refractivity contribution in [3.8, 4) is 17.1 Å². The normalized spacial score (nSPS) is 12.6. The van der Waals surface area contributed by atoms with Crippen LogP contribution in [-0.2, 0) is 0 Å². The van der Waals surface area contributed by atoms with E-state index in [4.69, 9.17) is 4.98 Å². The van der Waals surface area contributed by atoms with Crippen LogP contribution >= 0.6 is 0 Å². The molecule has 0 amide bonds. The van der Waals surface area contributed by atoms with E-state index >= 15 is 0 Å². The summed E-state index contributed by atoms with van der Waals surface area (Å²) in [4.78, 5) is 24.7. The summed E-state index contributed by atoms with van der Waals surface area (Å²) in [6.45, 7) is 6.13. The van der Waals surface area contributed by atoms with Gasteiger partial charge in [-0.05, 0) is 24.5 Å². The molecule has 2 aromatic heterocycles. The molecule has 0 saturated heterocycles. The summed E-state index contributed by atoms with van der Waals surface area (Å²) in [7, 11) is 0. The number of imidazole rings is 1. The topological polar surface area (TPSA) is 83.8 Å². The minimum atomic E-state index is -0.384. The molecule has 6 nitrogen and oxygen atoms in total. The Morgan fingerprint density at radius 1 is 1.00 bits per heavy atom. The van der Waals surface area contributed by atoms with Gasteiger partial charge < -0.3 is 10.1 Å². The Morgan fingerprint density at radius 3 is 2.39 bits per heavy atom. The molecule has 0 unspecified atom stereocenters. The number of aromatic hydroxyl groups is 1.